The second kappa shape index (κ2) is 8.98. The first-order chi connectivity index (χ1) is 8.77. The fraction of sp³-hybridized carbons (Fsp3) is 0.625. The van der Waals surface area contributed by atoms with Gasteiger partial charge in [0.05, 0.1) is 6.61 Å². The zero-order chi connectivity index (χ0) is 13.2. The number of rotatable bonds is 9. The van der Waals surface area contributed by atoms with Crippen LogP contribution in [0.4, 0.5) is 0 Å². The molecule has 0 aliphatic carbocycles. The quantitative estimate of drug-likeness (QED) is 0.674. The van der Waals surface area contributed by atoms with E-state index in [0.717, 1.165) is 38.3 Å². The molecule has 0 aliphatic rings. The van der Waals surface area contributed by atoms with E-state index in [-0.39, 0.29) is 0 Å². The van der Waals surface area contributed by atoms with E-state index in [0.29, 0.717) is 5.92 Å². The lowest BCUT2D eigenvalue weighted by Gasteiger charge is -2.15. The number of para-hydroxylation sites is 1. The van der Waals surface area contributed by atoms with Crippen molar-refractivity contribution >= 4 is 0 Å². The van der Waals surface area contributed by atoms with Gasteiger partial charge in [0.15, 0.2) is 0 Å². The fourth-order valence-electron chi connectivity index (χ4n) is 2.00. The van der Waals surface area contributed by atoms with E-state index in [9.17, 15) is 0 Å². The maximum absolute atomic E-state index is 5.79. The third-order valence-corrected chi connectivity index (χ3v) is 2.92. The number of hydrogen-bond donors (Lipinski definition) is 1. The molecule has 0 bridgehead atoms. The van der Waals surface area contributed by atoms with Crippen molar-refractivity contribution in [2.45, 2.75) is 40.0 Å². The topological polar surface area (TPSA) is 21.3 Å². The van der Waals surface area contributed by atoms with Crippen molar-refractivity contribution in [3.8, 4) is 5.75 Å². The van der Waals surface area contributed by atoms with Gasteiger partial charge in [-0.25, -0.2) is 0 Å². The van der Waals surface area contributed by atoms with Gasteiger partial charge in [-0.3, -0.25) is 0 Å². The van der Waals surface area contributed by atoms with E-state index in [4.69, 9.17) is 4.74 Å². The SMILES string of the molecule is CCCNCC(C)Cc1ccccc1OCCC. The van der Waals surface area contributed by atoms with Crippen molar-refractivity contribution in [1.82, 2.24) is 5.32 Å². The predicted octanol–water partition coefficient (Wildman–Crippen LogP) is 3.65. The second-order valence-corrected chi connectivity index (χ2v) is 4.97. The Kier molecular flexibility index (Phi) is 7.51. The Morgan fingerprint density at radius 1 is 1.17 bits per heavy atom. The molecular formula is C16H27NO. The first-order valence-electron chi connectivity index (χ1n) is 7.19. The number of ether oxygens (including phenoxy) is 1. The van der Waals surface area contributed by atoms with Gasteiger partial charge in [-0.1, -0.05) is 39.0 Å². The molecule has 1 aromatic rings. The van der Waals surface area contributed by atoms with Crippen LogP contribution in [0.2, 0.25) is 0 Å². The van der Waals surface area contributed by atoms with Crippen LogP contribution >= 0.6 is 0 Å². The monoisotopic (exact) mass is 249 g/mol. The molecule has 1 rings (SSSR count). The standard InChI is InChI=1S/C16H27NO/c1-4-10-17-13-14(3)12-15-8-6-7-9-16(15)18-11-5-2/h6-9,14,17H,4-5,10-13H2,1-3H3. The Balaban J connectivity index is 2.49. The average Bonchev–Trinajstić information content (AvgIpc) is 2.38. The molecule has 0 radical (unpaired) electrons. The molecule has 0 heterocycles. The first kappa shape index (κ1) is 15.0. The highest BCUT2D eigenvalue weighted by molar-refractivity contribution is 5.33. The molecule has 0 aromatic heterocycles. The van der Waals surface area contributed by atoms with Gasteiger partial charge in [-0.15, -0.1) is 0 Å². The van der Waals surface area contributed by atoms with Gasteiger partial charge >= 0.3 is 0 Å². The molecular weight excluding hydrogens is 222 g/mol. The fourth-order valence-corrected chi connectivity index (χ4v) is 2.00. The molecule has 0 fully saturated rings. The molecule has 0 saturated carbocycles. The third kappa shape index (κ3) is 5.54. The Morgan fingerprint density at radius 3 is 2.67 bits per heavy atom. The second-order valence-electron chi connectivity index (χ2n) is 4.97. The number of benzene rings is 1. The van der Waals surface area contributed by atoms with Gasteiger partial charge in [0.2, 0.25) is 0 Å². The van der Waals surface area contributed by atoms with Gasteiger partial charge in [0.25, 0.3) is 0 Å². The maximum Gasteiger partial charge on any atom is 0.122 e. The highest BCUT2D eigenvalue weighted by Crippen LogP contribution is 2.21. The van der Waals surface area contributed by atoms with Gasteiger partial charge < -0.3 is 10.1 Å². The zero-order valence-corrected chi connectivity index (χ0v) is 12.0. The van der Waals surface area contributed by atoms with Crippen LogP contribution in [0.3, 0.4) is 0 Å². The van der Waals surface area contributed by atoms with E-state index < -0.39 is 0 Å². The zero-order valence-electron chi connectivity index (χ0n) is 12.0. The molecule has 2 heteroatoms. The summed E-state index contributed by atoms with van der Waals surface area (Å²) in [6.45, 7) is 9.62. The average molecular weight is 249 g/mol. The van der Waals surface area contributed by atoms with Crippen LogP contribution in [0.5, 0.6) is 5.75 Å². The lowest BCUT2D eigenvalue weighted by Crippen LogP contribution is -2.23. The Bertz CT molecular complexity index is 325. The molecule has 1 unspecified atom stereocenters. The van der Waals surface area contributed by atoms with E-state index >= 15 is 0 Å². The molecule has 0 saturated heterocycles. The number of nitrogens with one attached hydrogen (secondary N) is 1. The Labute approximate surface area is 112 Å². The molecule has 102 valence electrons. The van der Waals surface area contributed by atoms with Crippen LogP contribution in [0, 0.1) is 5.92 Å². The van der Waals surface area contributed by atoms with Crippen molar-refractivity contribution in [1.29, 1.82) is 0 Å². The smallest absolute Gasteiger partial charge is 0.122 e. The van der Waals surface area contributed by atoms with Gasteiger partial charge in [-0.05, 0) is 49.9 Å². The summed E-state index contributed by atoms with van der Waals surface area (Å²) in [7, 11) is 0. The Morgan fingerprint density at radius 2 is 1.94 bits per heavy atom. The Hall–Kier alpha value is -1.02. The largest absolute Gasteiger partial charge is 0.493 e. The summed E-state index contributed by atoms with van der Waals surface area (Å²) in [6, 6.07) is 8.41. The van der Waals surface area contributed by atoms with E-state index in [2.05, 4.69) is 50.4 Å². The van der Waals surface area contributed by atoms with E-state index in [1.54, 1.807) is 0 Å². The minimum Gasteiger partial charge on any atom is -0.493 e. The molecule has 1 aromatic carbocycles. The molecule has 1 N–H and O–H groups in total. The first-order valence-corrected chi connectivity index (χ1v) is 7.19. The predicted molar refractivity (Wildman–Crippen MR) is 78.3 cm³/mol. The summed E-state index contributed by atoms with van der Waals surface area (Å²) in [5.41, 5.74) is 1.33. The summed E-state index contributed by atoms with van der Waals surface area (Å²) in [5.74, 6) is 1.70. The van der Waals surface area contributed by atoms with Gasteiger partial charge in [0, 0.05) is 0 Å². The molecule has 18 heavy (non-hydrogen) atoms. The third-order valence-electron chi connectivity index (χ3n) is 2.92. The van der Waals surface area contributed by atoms with Crippen LogP contribution in [0.25, 0.3) is 0 Å². The van der Waals surface area contributed by atoms with Gasteiger partial charge in [-0.2, -0.15) is 0 Å². The summed E-state index contributed by atoms with van der Waals surface area (Å²) in [5, 5.41) is 3.48. The molecule has 1 atom stereocenters. The minimum atomic E-state index is 0.642. The summed E-state index contributed by atoms with van der Waals surface area (Å²) in [6.07, 6.45) is 3.33. The molecule has 0 spiro atoms. The lowest BCUT2D eigenvalue weighted by atomic mass is 10.0. The van der Waals surface area contributed by atoms with Crippen LogP contribution in [-0.2, 0) is 6.42 Å². The van der Waals surface area contributed by atoms with Crippen LogP contribution in [0.15, 0.2) is 24.3 Å². The minimum absolute atomic E-state index is 0.642. The van der Waals surface area contributed by atoms with Crippen molar-refractivity contribution in [2.24, 2.45) is 5.92 Å². The molecule has 0 amide bonds. The van der Waals surface area contributed by atoms with Gasteiger partial charge in [0.1, 0.15) is 5.75 Å². The highest BCUT2D eigenvalue weighted by atomic mass is 16.5. The van der Waals surface area contributed by atoms with Crippen molar-refractivity contribution in [3.05, 3.63) is 29.8 Å². The van der Waals surface area contributed by atoms with Crippen LogP contribution < -0.4 is 10.1 Å². The maximum atomic E-state index is 5.79. The van der Waals surface area contributed by atoms with E-state index in [1.807, 2.05) is 0 Å². The van der Waals surface area contributed by atoms with Crippen molar-refractivity contribution in [2.75, 3.05) is 19.7 Å². The summed E-state index contributed by atoms with van der Waals surface area (Å²) >= 11 is 0. The van der Waals surface area contributed by atoms with Crippen LogP contribution in [0.1, 0.15) is 39.2 Å². The number of hydrogen-bond acceptors (Lipinski definition) is 2. The lowest BCUT2D eigenvalue weighted by molar-refractivity contribution is 0.312. The molecule has 2 nitrogen and oxygen atoms in total. The summed E-state index contributed by atoms with van der Waals surface area (Å²) < 4.78 is 5.79. The van der Waals surface area contributed by atoms with Crippen LogP contribution in [-0.4, -0.2) is 19.7 Å². The van der Waals surface area contributed by atoms with E-state index in [1.165, 1.54) is 12.0 Å². The van der Waals surface area contributed by atoms with Crippen molar-refractivity contribution in [3.63, 3.8) is 0 Å². The molecule has 0 aliphatic heterocycles. The normalized spacial score (nSPS) is 12.4. The summed E-state index contributed by atoms with van der Waals surface area (Å²) in [4.78, 5) is 0. The highest BCUT2D eigenvalue weighted by Gasteiger charge is 2.08. The van der Waals surface area contributed by atoms with Crippen molar-refractivity contribution < 1.29 is 4.74 Å².